The number of nitrogens with zero attached hydrogens (tertiary/aromatic N) is 2. The minimum Gasteiger partial charge on any atom is -0.389 e. The van der Waals surface area contributed by atoms with E-state index >= 15 is 0 Å². The Labute approximate surface area is 95.5 Å². The van der Waals surface area contributed by atoms with Crippen molar-refractivity contribution in [3.8, 4) is 0 Å². The summed E-state index contributed by atoms with van der Waals surface area (Å²) < 4.78 is 38.9. The summed E-state index contributed by atoms with van der Waals surface area (Å²) in [6.45, 7) is 3.16. The van der Waals surface area contributed by atoms with Gasteiger partial charge in [0.1, 0.15) is 0 Å². The average Bonchev–Trinajstić information content (AvgIpc) is 2.62. The second-order valence-electron chi connectivity index (χ2n) is 3.93. The summed E-state index contributed by atoms with van der Waals surface area (Å²) in [4.78, 5) is 0. The molecule has 92 valence electrons. The fourth-order valence-corrected chi connectivity index (χ4v) is 1.71. The monoisotopic (exact) mass is 244 g/mol. The fourth-order valence-electron chi connectivity index (χ4n) is 1.71. The lowest BCUT2D eigenvalue weighted by atomic mass is 10.1. The molecule has 0 amide bonds. The Morgan fingerprint density at radius 1 is 1.35 bits per heavy atom. The second-order valence-corrected chi connectivity index (χ2v) is 3.93. The molecule has 2 aromatic rings. The topological polar surface area (TPSA) is 37.5 Å². The Kier molecular flexibility index (Phi) is 2.61. The third kappa shape index (κ3) is 2.00. The molecule has 0 aliphatic rings. The lowest BCUT2D eigenvalue weighted by molar-refractivity contribution is -0.141. The zero-order chi connectivity index (χ0) is 12.8. The molecule has 2 heterocycles. The maximum Gasteiger partial charge on any atom is 0.435 e. The first-order valence-electron chi connectivity index (χ1n) is 5.05. The van der Waals surface area contributed by atoms with Crippen LogP contribution in [0.1, 0.15) is 30.0 Å². The molecular formula is C11H11F3N2O. The summed E-state index contributed by atoms with van der Waals surface area (Å²) in [7, 11) is 0. The normalized spacial score (nSPS) is 14.2. The molecule has 1 N–H and O–H groups in total. The van der Waals surface area contributed by atoms with Gasteiger partial charge in [-0.05, 0) is 26.0 Å². The van der Waals surface area contributed by atoms with E-state index in [1.165, 1.54) is 11.4 Å². The molecule has 0 saturated carbocycles. The van der Waals surface area contributed by atoms with Gasteiger partial charge in [0, 0.05) is 11.3 Å². The third-order valence-corrected chi connectivity index (χ3v) is 2.58. The number of hydrogen-bond acceptors (Lipinski definition) is 2. The van der Waals surface area contributed by atoms with Crippen molar-refractivity contribution in [2.75, 3.05) is 0 Å². The minimum atomic E-state index is -4.48. The molecule has 1 atom stereocenters. The number of aromatic nitrogens is 2. The molecule has 3 nitrogen and oxygen atoms in total. The molecule has 0 bridgehead atoms. The number of aryl methyl sites for hydroxylation is 1. The maximum atomic E-state index is 12.6. The van der Waals surface area contributed by atoms with Crippen LogP contribution in [0.5, 0.6) is 0 Å². The van der Waals surface area contributed by atoms with Crippen LogP contribution >= 0.6 is 0 Å². The minimum absolute atomic E-state index is 0.285. The number of halogens is 3. The molecule has 0 fully saturated rings. The molecule has 0 spiro atoms. The van der Waals surface area contributed by atoms with E-state index in [1.54, 1.807) is 19.1 Å². The summed E-state index contributed by atoms with van der Waals surface area (Å²) in [6.07, 6.45) is -5.31. The van der Waals surface area contributed by atoms with E-state index in [1.807, 2.05) is 0 Å². The first-order chi connectivity index (χ1) is 7.80. The summed E-state index contributed by atoms with van der Waals surface area (Å²) in [6, 6.07) is 4.19. The number of rotatable bonds is 1. The van der Waals surface area contributed by atoms with Crippen molar-refractivity contribution in [1.82, 2.24) is 9.61 Å². The maximum absolute atomic E-state index is 12.6. The van der Waals surface area contributed by atoms with Crippen molar-refractivity contribution >= 4 is 5.52 Å². The van der Waals surface area contributed by atoms with Crippen LogP contribution in [-0.4, -0.2) is 14.7 Å². The number of hydrogen-bond donors (Lipinski definition) is 1. The van der Waals surface area contributed by atoms with Crippen molar-refractivity contribution in [3.05, 3.63) is 35.2 Å². The van der Waals surface area contributed by atoms with Gasteiger partial charge in [-0.1, -0.05) is 6.07 Å². The molecule has 0 saturated heterocycles. The number of fused-ring (bicyclic) bond motifs is 1. The summed E-state index contributed by atoms with van der Waals surface area (Å²) in [5, 5.41) is 13.0. The molecule has 2 aromatic heterocycles. The highest BCUT2D eigenvalue weighted by molar-refractivity contribution is 5.57. The highest BCUT2D eigenvalue weighted by atomic mass is 19.4. The van der Waals surface area contributed by atoms with Gasteiger partial charge in [-0.3, -0.25) is 0 Å². The largest absolute Gasteiger partial charge is 0.435 e. The van der Waals surface area contributed by atoms with Crippen LogP contribution in [0.15, 0.2) is 18.2 Å². The predicted octanol–water partition coefficient (Wildman–Crippen LogP) is 2.71. The summed E-state index contributed by atoms with van der Waals surface area (Å²) >= 11 is 0. The molecule has 0 aromatic carbocycles. The summed E-state index contributed by atoms with van der Waals surface area (Å²) in [5.41, 5.74) is 0.347. The molecular weight excluding hydrogens is 233 g/mol. The Morgan fingerprint density at radius 2 is 2.00 bits per heavy atom. The number of pyridine rings is 1. The highest BCUT2D eigenvalue weighted by Gasteiger charge is 2.34. The fraction of sp³-hybridized carbons (Fsp3) is 0.364. The number of aliphatic hydroxyl groups is 1. The Bertz CT molecular complexity index is 558. The van der Waals surface area contributed by atoms with Crippen LogP contribution in [0.25, 0.3) is 5.52 Å². The molecule has 17 heavy (non-hydrogen) atoms. The van der Waals surface area contributed by atoms with Crippen molar-refractivity contribution < 1.29 is 18.3 Å². The molecule has 2 rings (SSSR count). The quantitative estimate of drug-likeness (QED) is 0.837. The molecule has 0 radical (unpaired) electrons. The predicted molar refractivity (Wildman–Crippen MR) is 55.6 cm³/mol. The van der Waals surface area contributed by atoms with Gasteiger partial charge in [-0.2, -0.15) is 18.3 Å². The molecule has 6 heteroatoms. The zero-order valence-corrected chi connectivity index (χ0v) is 9.28. The third-order valence-electron chi connectivity index (χ3n) is 2.58. The standard InChI is InChI=1S/C11H11F3N2O/c1-6-3-4-8(7(2)17)9-5-10(11(12,13)14)15-16(6)9/h3-5,7,17H,1-2H3. The molecule has 1 unspecified atom stereocenters. The smallest absolute Gasteiger partial charge is 0.389 e. The van der Waals surface area contributed by atoms with Crippen LogP contribution in [0.2, 0.25) is 0 Å². The van der Waals surface area contributed by atoms with E-state index in [9.17, 15) is 18.3 Å². The van der Waals surface area contributed by atoms with Gasteiger partial charge in [-0.15, -0.1) is 0 Å². The SMILES string of the molecule is Cc1ccc(C(C)O)c2cc(C(F)(F)F)nn12. The van der Waals surface area contributed by atoms with E-state index in [2.05, 4.69) is 5.10 Å². The van der Waals surface area contributed by atoms with Crippen molar-refractivity contribution in [2.45, 2.75) is 26.1 Å². The van der Waals surface area contributed by atoms with E-state index in [-0.39, 0.29) is 5.52 Å². The lowest BCUT2D eigenvalue weighted by Crippen LogP contribution is -2.06. The molecule has 0 aliphatic heterocycles. The zero-order valence-electron chi connectivity index (χ0n) is 9.28. The number of alkyl halides is 3. The van der Waals surface area contributed by atoms with Crippen LogP contribution < -0.4 is 0 Å². The Hall–Kier alpha value is -1.56. The first-order valence-corrected chi connectivity index (χ1v) is 5.05. The van der Waals surface area contributed by atoms with Crippen LogP contribution in [0, 0.1) is 6.92 Å². The van der Waals surface area contributed by atoms with Gasteiger partial charge in [-0.25, -0.2) is 4.52 Å². The second kappa shape index (κ2) is 3.73. The van der Waals surface area contributed by atoms with Crippen LogP contribution in [0.4, 0.5) is 13.2 Å². The van der Waals surface area contributed by atoms with Crippen molar-refractivity contribution in [2.24, 2.45) is 0 Å². The first kappa shape index (κ1) is 11.9. The average molecular weight is 244 g/mol. The highest BCUT2D eigenvalue weighted by Crippen LogP contribution is 2.31. The van der Waals surface area contributed by atoms with Crippen LogP contribution in [-0.2, 0) is 6.18 Å². The molecule has 0 aliphatic carbocycles. The van der Waals surface area contributed by atoms with Crippen LogP contribution in [0.3, 0.4) is 0 Å². The Morgan fingerprint density at radius 3 is 2.53 bits per heavy atom. The van der Waals surface area contributed by atoms with Gasteiger partial charge in [0.15, 0.2) is 5.69 Å². The van der Waals surface area contributed by atoms with E-state index in [0.717, 1.165) is 6.07 Å². The lowest BCUT2D eigenvalue weighted by Gasteiger charge is -2.08. The van der Waals surface area contributed by atoms with Gasteiger partial charge in [0.2, 0.25) is 0 Å². The van der Waals surface area contributed by atoms with E-state index < -0.39 is 18.0 Å². The van der Waals surface area contributed by atoms with E-state index in [0.29, 0.717) is 11.3 Å². The van der Waals surface area contributed by atoms with Crippen molar-refractivity contribution in [1.29, 1.82) is 0 Å². The van der Waals surface area contributed by atoms with Gasteiger partial charge >= 0.3 is 6.18 Å². The Balaban J connectivity index is 2.74. The number of aliphatic hydroxyl groups excluding tert-OH is 1. The van der Waals surface area contributed by atoms with E-state index in [4.69, 9.17) is 0 Å². The van der Waals surface area contributed by atoms with Gasteiger partial charge < -0.3 is 5.11 Å². The van der Waals surface area contributed by atoms with Gasteiger partial charge in [0.25, 0.3) is 0 Å². The van der Waals surface area contributed by atoms with Crippen molar-refractivity contribution in [3.63, 3.8) is 0 Å². The van der Waals surface area contributed by atoms with Gasteiger partial charge in [0.05, 0.1) is 11.6 Å². The summed E-state index contributed by atoms with van der Waals surface area (Å²) in [5.74, 6) is 0.